The molecule has 2 fully saturated rings. The first-order valence-electron chi connectivity index (χ1n) is 20.0. The summed E-state index contributed by atoms with van der Waals surface area (Å²) in [4.78, 5) is 75.4. The quantitative estimate of drug-likeness (QED) is 0.108. The van der Waals surface area contributed by atoms with Gasteiger partial charge in [-0.1, -0.05) is 65.1 Å². The number of ether oxygens (including phenoxy) is 2. The number of alkyl carbamates (subject to hydrolysis) is 2. The maximum Gasteiger partial charge on any atom is 0.407 e. The second-order valence-corrected chi connectivity index (χ2v) is 22.3. The molecule has 2 aromatic carbocycles. The van der Waals surface area contributed by atoms with Crippen molar-refractivity contribution in [2.24, 2.45) is 11.8 Å². The highest BCUT2D eigenvalue weighted by molar-refractivity contribution is 6.78. The monoisotopic (exact) mass is 843 g/mol. The van der Waals surface area contributed by atoms with Gasteiger partial charge in [0.05, 0.1) is 69.5 Å². The van der Waals surface area contributed by atoms with E-state index in [1.807, 2.05) is 61.2 Å². The fourth-order valence-corrected chi connectivity index (χ4v) is 11.2. The zero-order valence-electron chi connectivity index (χ0n) is 34.9. The summed E-state index contributed by atoms with van der Waals surface area (Å²) in [5, 5.41) is 6.88. The van der Waals surface area contributed by atoms with Crippen LogP contribution in [0.15, 0.2) is 54.9 Å². The SMILES string of the molecule is COC(=O)NC(C(=O)N1CC(F)(F)C[C@H]1c1nc2c(ccc3cc(-c4ccc(-c5cnc(C6C[Si](C)(C)CN6C(=O)[C@@H](NC(=O)OC)C(C)C)[nH]5)nc4)ccc32)[nH]1)C(C)C. The predicted molar refractivity (Wildman–Crippen MR) is 224 cm³/mol. The number of H-pyrrole nitrogens is 2. The Labute approximate surface area is 347 Å². The zero-order chi connectivity index (χ0) is 43.3. The molecule has 0 radical (unpaired) electrons. The number of pyridine rings is 1. The van der Waals surface area contributed by atoms with Gasteiger partial charge < -0.3 is 39.9 Å². The maximum atomic E-state index is 15.0. The Kier molecular flexibility index (Phi) is 11.4. The molecule has 4 N–H and O–H groups in total. The van der Waals surface area contributed by atoms with E-state index in [2.05, 4.69) is 38.4 Å². The predicted octanol–water partition coefficient (Wildman–Crippen LogP) is 6.97. The number of benzene rings is 2. The average molecular weight is 844 g/mol. The Morgan fingerprint density at radius 2 is 1.47 bits per heavy atom. The van der Waals surface area contributed by atoms with E-state index in [1.165, 1.54) is 14.2 Å². The molecule has 2 unspecified atom stereocenters. The smallest absolute Gasteiger partial charge is 0.407 e. The third-order valence-electron chi connectivity index (χ3n) is 11.4. The first-order valence-corrected chi connectivity index (χ1v) is 23.4. The van der Waals surface area contributed by atoms with Gasteiger partial charge in [-0.25, -0.2) is 28.3 Å². The van der Waals surface area contributed by atoms with Crippen molar-refractivity contribution in [1.82, 2.24) is 45.4 Å². The van der Waals surface area contributed by atoms with Gasteiger partial charge in [0.25, 0.3) is 5.92 Å². The van der Waals surface area contributed by atoms with Crippen LogP contribution in [0.1, 0.15) is 57.8 Å². The van der Waals surface area contributed by atoms with Gasteiger partial charge in [-0.2, -0.15) is 0 Å². The molecule has 5 heterocycles. The summed E-state index contributed by atoms with van der Waals surface area (Å²) < 4.78 is 39.4. The third-order valence-corrected chi connectivity index (χ3v) is 14.1. The topological polar surface area (TPSA) is 188 Å². The third kappa shape index (κ3) is 8.42. The molecule has 318 valence electrons. The molecule has 15 nitrogen and oxygen atoms in total. The number of fused-ring (bicyclic) bond motifs is 3. The molecule has 2 aliphatic rings. The van der Waals surface area contributed by atoms with E-state index in [-0.39, 0.29) is 29.6 Å². The molecule has 3 aromatic heterocycles. The Morgan fingerprint density at radius 3 is 2.08 bits per heavy atom. The minimum Gasteiger partial charge on any atom is -0.453 e. The minimum atomic E-state index is -3.15. The lowest BCUT2D eigenvalue weighted by Crippen LogP contribution is -2.52. The lowest BCUT2D eigenvalue weighted by Gasteiger charge is -2.30. The summed E-state index contributed by atoms with van der Waals surface area (Å²) in [7, 11) is 0.653. The molecule has 0 saturated carbocycles. The molecule has 4 atom stereocenters. The van der Waals surface area contributed by atoms with E-state index in [0.717, 1.165) is 32.8 Å². The molecule has 0 spiro atoms. The van der Waals surface area contributed by atoms with Crippen LogP contribution < -0.4 is 10.6 Å². The number of amides is 4. The second kappa shape index (κ2) is 16.3. The number of hydrogen-bond acceptors (Lipinski definition) is 9. The standard InChI is InChI=1S/C42H51F2N9O6Si/c1-22(2)33(50-40(56)58-5)38(54)52-20-42(43,44)16-31(52)37-47-29-14-10-25-15-24(9-12-27(25)35(29)49-37)26-11-13-28(45-17-26)30-18-46-36(48-30)32-19-60(7,8)21-53(32)39(55)34(23(3)4)51-41(57)59-6/h9-15,17-18,22-23,31-34H,16,19-21H2,1-8H3,(H,46,48)(H,47,49)(H,50,56)(H,51,57)/t31-,32?,33?,34-/m0/s1. The van der Waals surface area contributed by atoms with Gasteiger partial charge in [-0.05, 0) is 47.0 Å². The van der Waals surface area contributed by atoms with E-state index in [1.54, 1.807) is 26.2 Å². The van der Waals surface area contributed by atoms with Crippen LogP contribution in [0.25, 0.3) is 44.3 Å². The molecule has 2 aliphatic heterocycles. The molecule has 7 rings (SSSR count). The fraction of sp³-hybridized carbons (Fsp3) is 0.452. The Bertz CT molecular complexity index is 2440. The van der Waals surface area contributed by atoms with Crippen LogP contribution >= 0.6 is 0 Å². The molecule has 18 heteroatoms. The van der Waals surface area contributed by atoms with Crippen LogP contribution in [0, 0.1) is 11.8 Å². The molecule has 2 saturated heterocycles. The molecular weight excluding hydrogens is 793 g/mol. The number of aromatic nitrogens is 5. The largest absolute Gasteiger partial charge is 0.453 e. The van der Waals surface area contributed by atoms with Crippen LogP contribution in [0.2, 0.25) is 19.1 Å². The van der Waals surface area contributed by atoms with Crippen molar-refractivity contribution in [2.45, 2.75) is 83.3 Å². The molecule has 0 aliphatic carbocycles. The number of aromatic amines is 2. The highest BCUT2D eigenvalue weighted by atomic mass is 28.3. The average Bonchev–Trinajstić information content (AvgIpc) is 4.01. The number of carbonyl (C=O) groups excluding carboxylic acids is 4. The Balaban J connectivity index is 1.11. The van der Waals surface area contributed by atoms with Gasteiger partial charge in [0, 0.05) is 29.7 Å². The molecule has 5 aromatic rings. The minimum absolute atomic E-state index is 0.146. The molecular formula is C42H51F2N9O6Si. The number of nitrogens with one attached hydrogen (secondary N) is 4. The van der Waals surface area contributed by atoms with Crippen molar-refractivity contribution in [1.29, 1.82) is 0 Å². The molecule has 4 amide bonds. The number of alkyl halides is 2. The zero-order valence-corrected chi connectivity index (χ0v) is 35.9. The molecule has 60 heavy (non-hydrogen) atoms. The number of carbonyl (C=O) groups is 4. The summed E-state index contributed by atoms with van der Waals surface area (Å²) in [6, 6.07) is 11.2. The summed E-state index contributed by atoms with van der Waals surface area (Å²) in [5.74, 6) is -3.56. The van der Waals surface area contributed by atoms with Crippen LogP contribution in [0.5, 0.6) is 0 Å². The Hall–Kier alpha value is -5.91. The number of methoxy groups -OCH3 is 2. The van der Waals surface area contributed by atoms with E-state index >= 15 is 0 Å². The van der Waals surface area contributed by atoms with Crippen LogP contribution in [-0.2, 0) is 19.1 Å². The number of imidazole rings is 2. The number of rotatable bonds is 10. The van der Waals surface area contributed by atoms with Gasteiger partial charge in [0.15, 0.2) is 0 Å². The van der Waals surface area contributed by atoms with Crippen LogP contribution in [-0.4, -0.2) is 112 Å². The lowest BCUT2D eigenvalue weighted by atomic mass is 10.0. The fourth-order valence-electron chi connectivity index (χ4n) is 8.31. The first-order chi connectivity index (χ1) is 28.4. The van der Waals surface area contributed by atoms with Crippen molar-refractivity contribution in [3.63, 3.8) is 0 Å². The number of likely N-dealkylation sites (tertiary alicyclic amines) is 1. The van der Waals surface area contributed by atoms with Gasteiger partial charge in [-0.3, -0.25) is 14.6 Å². The van der Waals surface area contributed by atoms with Gasteiger partial charge in [0.1, 0.15) is 23.7 Å². The van der Waals surface area contributed by atoms with Gasteiger partial charge >= 0.3 is 12.2 Å². The summed E-state index contributed by atoms with van der Waals surface area (Å²) >= 11 is 0. The molecule has 0 bridgehead atoms. The first kappa shape index (κ1) is 42.2. The van der Waals surface area contributed by atoms with E-state index in [4.69, 9.17) is 19.7 Å². The maximum absolute atomic E-state index is 15.0. The van der Waals surface area contributed by atoms with Crippen molar-refractivity contribution in [3.8, 4) is 22.5 Å². The number of nitrogens with zero attached hydrogens (tertiary/aromatic N) is 5. The highest BCUT2D eigenvalue weighted by Crippen LogP contribution is 2.42. The van der Waals surface area contributed by atoms with E-state index in [9.17, 15) is 28.0 Å². The van der Waals surface area contributed by atoms with Crippen LogP contribution in [0.3, 0.4) is 0 Å². The Morgan fingerprint density at radius 1 is 0.817 bits per heavy atom. The van der Waals surface area contributed by atoms with Crippen molar-refractivity contribution in [3.05, 3.63) is 66.5 Å². The lowest BCUT2D eigenvalue weighted by molar-refractivity contribution is -0.137. The number of hydrogen-bond donors (Lipinski definition) is 4. The van der Waals surface area contributed by atoms with Crippen molar-refractivity contribution >= 4 is 53.9 Å². The summed E-state index contributed by atoms with van der Waals surface area (Å²) in [6.45, 7) is 10.9. The summed E-state index contributed by atoms with van der Waals surface area (Å²) in [5.41, 5.74) is 4.37. The summed E-state index contributed by atoms with van der Waals surface area (Å²) in [6.07, 6.45) is 2.06. The van der Waals surface area contributed by atoms with Gasteiger partial charge in [0.2, 0.25) is 11.8 Å². The second-order valence-electron chi connectivity index (χ2n) is 17.2. The van der Waals surface area contributed by atoms with Gasteiger partial charge in [-0.15, -0.1) is 0 Å². The highest BCUT2D eigenvalue weighted by Gasteiger charge is 2.50. The van der Waals surface area contributed by atoms with Crippen LogP contribution in [0.4, 0.5) is 18.4 Å². The van der Waals surface area contributed by atoms with E-state index in [0.29, 0.717) is 34.4 Å². The normalized spacial score (nSPS) is 19.5. The van der Waals surface area contributed by atoms with Crippen molar-refractivity contribution < 1.29 is 37.4 Å². The van der Waals surface area contributed by atoms with Crippen molar-refractivity contribution in [2.75, 3.05) is 26.9 Å². The number of halogens is 2. The van der Waals surface area contributed by atoms with E-state index < -0.39 is 63.2 Å².